The molecule has 0 radical (unpaired) electrons. The summed E-state index contributed by atoms with van der Waals surface area (Å²) in [6, 6.07) is -1.62. The lowest BCUT2D eigenvalue weighted by atomic mass is 10.2. The molecule has 100 valence electrons. The average Bonchev–Trinajstić information content (AvgIpc) is 2.63. The van der Waals surface area contributed by atoms with E-state index in [-0.39, 0.29) is 5.03 Å². The van der Waals surface area contributed by atoms with Gasteiger partial charge in [-0.3, -0.25) is 9.59 Å². The molecule has 0 fully saturated rings. The van der Waals surface area contributed by atoms with Crippen molar-refractivity contribution in [3.63, 3.8) is 0 Å². The van der Waals surface area contributed by atoms with Crippen LogP contribution < -0.4 is 10.5 Å². The summed E-state index contributed by atoms with van der Waals surface area (Å²) in [7, 11) is -2.54. The molecule has 0 aliphatic rings. The van der Waals surface area contributed by atoms with Gasteiger partial charge in [-0.1, -0.05) is 0 Å². The zero-order chi connectivity index (χ0) is 13.9. The van der Waals surface area contributed by atoms with Gasteiger partial charge in [0.15, 0.2) is 5.03 Å². The van der Waals surface area contributed by atoms with Gasteiger partial charge >= 0.3 is 5.97 Å². The SMILES string of the molecule is Cn1cnc(S(=O)(=O)NC(CC(N)=O)C(=O)O)c1. The fourth-order valence-electron chi connectivity index (χ4n) is 1.16. The maximum absolute atomic E-state index is 11.7. The minimum atomic E-state index is -4.10. The lowest BCUT2D eigenvalue weighted by Gasteiger charge is -2.11. The summed E-state index contributed by atoms with van der Waals surface area (Å²) in [4.78, 5) is 25.0. The Bertz CT molecular complexity index is 564. The number of hydrogen-bond donors (Lipinski definition) is 3. The lowest BCUT2D eigenvalue weighted by Crippen LogP contribution is -2.43. The molecule has 1 atom stereocenters. The summed E-state index contributed by atoms with van der Waals surface area (Å²) >= 11 is 0. The second-order valence-corrected chi connectivity index (χ2v) is 5.22. The highest BCUT2D eigenvalue weighted by atomic mass is 32.2. The number of amides is 1. The van der Waals surface area contributed by atoms with Gasteiger partial charge in [0.1, 0.15) is 6.04 Å². The van der Waals surface area contributed by atoms with E-state index in [4.69, 9.17) is 10.8 Å². The molecule has 4 N–H and O–H groups in total. The van der Waals surface area contributed by atoms with Gasteiger partial charge in [0.05, 0.1) is 12.7 Å². The van der Waals surface area contributed by atoms with Gasteiger partial charge in [0.25, 0.3) is 10.0 Å². The molecule has 0 aromatic carbocycles. The van der Waals surface area contributed by atoms with Crippen LogP contribution in [0.1, 0.15) is 6.42 Å². The number of nitrogens with zero attached hydrogens (tertiary/aromatic N) is 2. The minimum absolute atomic E-state index is 0.333. The van der Waals surface area contributed by atoms with E-state index >= 15 is 0 Å². The number of carboxylic acids is 1. The molecule has 0 bridgehead atoms. The molecule has 1 aromatic heterocycles. The van der Waals surface area contributed by atoms with Crippen molar-refractivity contribution < 1.29 is 23.1 Å². The smallest absolute Gasteiger partial charge is 0.322 e. The van der Waals surface area contributed by atoms with Gasteiger partial charge in [-0.05, 0) is 0 Å². The average molecular weight is 276 g/mol. The van der Waals surface area contributed by atoms with Crippen molar-refractivity contribution in [1.29, 1.82) is 0 Å². The third kappa shape index (κ3) is 3.53. The number of nitrogens with two attached hydrogens (primary N) is 1. The molecule has 1 aromatic rings. The highest BCUT2D eigenvalue weighted by Gasteiger charge is 2.28. The quantitative estimate of drug-likeness (QED) is 0.549. The number of sulfonamides is 1. The molecule has 1 unspecified atom stereocenters. The number of carbonyl (C=O) groups excluding carboxylic acids is 1. The standard InChI is InChI=1S/C8H12N4O5S/c1-12-3-7(10-4-12)18(16,17)11-5(8(14)15)2-6(9)13/h3-5,11H,2H2,1H3,(H2,9,13)(H,14,15). The molecule has 0 saturated carbocycles. The maximum atomic E-state index is 11.7. The molecular weight excluding hydrogens is 264 g/mol. The first-order valence-electron chi connectivity index (χ1n) is 4.74. The number of carboxylic acid groups (broad SMARTS) is 1. The number of aliphatic carboxylic acids is 1. The Labute approximate surface area is 103 Å². The zero-order valence-electron chi connectivity index (χ0n) is 9.40. The number of aryl methyl sites for hydroxylation is 1. The molecule has 0 aliphatic carbocycles. The van der Waals surface area contributed by atoms with Crippen LogP contribution in [0, 0.1) is 0 Å². The van der Waals surface area contributed by atoms with Gasteiger partial charge in [-0.25, -0.2) is 13.4 Å². The summed E-state index contributed by atoms with van der Waals surface area (Å²) in [5.74, 6) is -2.42. The molecule has 1 rings (SSSR count). The summed E-state index contributed by atoms with van der Waals surface area (Å²) in [6.07, 6.45) is 1.81. The molecule has 0 aliphatic heterocycles. The van der Waals surface area contributed by atoms with E-state index in [0.29, 0.717) is 0 Å². The third-order valence-corrected chi connectivity index (χ3v) is 3.31. The Kier molecular flexibility index (Phi) is 4.03. The number of nitrogens with one attached hydrogen (secondary N) is 1. The van der Waals surface area contributed by atoms with E-state index in [1.165, 1.54) is 17.1 Å². The normalized spacial score (nSPS) is 13.2. The van der Waals surface area contributed by atoms with Gasteiger partial charge in [-0.15, -0.1) is 0 Å². The largest absolute Gasteiger partial charge is 0.480 e. The second-order valence-electron chi connectivity index (χ2n) is 3.56. The van der Waals surface area contributed by atoms with Crippen molar-refractivity contribution in [2.24, 2.45) is 12.8 Å². The summed E-state index contributed by atoms with van der Waals surface area (Å²) < 4.78 is 26.7. The Hall–Kier alpha value is -1.94. The molecular formula is C8H12N4O5S. The Balaban J connectivity index is 2.93. The van der Waals surface area contributed by atoms with Gasteiger partial charge in [0.2, 0.25) is 5.91 Å². The van der Waals surface area contributed by atoms with Crippen molar-refractivity contribution in [2.45, 2.75) is 17.5 Å². The van der Waals surface area contributed by atoms with Crippen LogP contribution in [-0.4, -0.2) is 41.0 Å². The highest BCUT2D eigenvalue weighted by Crippen LogP contribution is 2.06. The number of primary amides is 1. The van der Waals surface area contributed by atoms with E-state index in [0.717, 1.165) is 0 Å². The van der Waals surface area contributed by atoms with E-state index in [1.54, 1.807) is 7.05 Å². The van der Waals surface area contributed by atoms with Crippen molar-refractivity contribution in [1.82, 2.24) is 14.3 Å². The number of imidazole rings is 1. The van der Waals surface area contributed by atoms with E-state index in [9.17, 15) is 18.0 Å². The van der Waals surface area contributed by atoms with Crippen LogP contribution in [0.2, 0.25) is 0 Å². The first-order valence-corrected chi connectivity index (χ1v) is 6.22. The highest BCUT2D eigenvalue weighted by molar-refractivity contribution is 7.89. The zero-order valence-corrected chi connectivity index (χ0v) is 10.2. The Morgan fingerprint density at radius 1 is 1.61 bits per heavy atom. The summed E-state index contributed by atoms with van der Waals surface area (Å²) in [5.41, 5.74) is 4.84. The van der Waals surface area contributed by atoms with Gasteiger partial charge in [-0.2, -0.15) is 4.72 Å². The van der Waals surface area contributed by atoms with Crippen molar-refractivity contribution >= 4 is 21.9 Å². The Morgan fingerprint density at radius 3 is 2.61 bits per heavy atom. The van der Waals surface area contributed by atoms with E-state index in [1.807, 2.05) is 4.72 Å². The van der Waals surface area contributed by atoms with Crippen LogP contribution in [0.4, 0.5) is 0 Å². The van der Waals surface area contributed by atoms with E-state index in [2.05, 4.69) is 4.98 Å². The molecule has 0 saturated heterocycles. The Morgan fingerprint density at radius 2 is 2.22 bits per heavy atom. The third-order valence-electron chi connectivity index (χ3n) is 1.96. The predicted octanol–water partition coefficient (Wildman–Crippen LogP) is -1.97. The van der Waals surface area contributed by atoms with Crippen LogP contribution in [0.5, 0.6) is 0 Å². The van der Waals surface area contributed by atoms with Crippen LogP contribution in [0.3, 0.4) is 0 Å². The molecule has 10 heteroatoms. The topological polar surface area (TPSA) is 144 Å². The van der Waals surface area contributed by atoms with E-state index < -0.39 is 34.4 Å². The maximum Gasteiger partial charge on any atom is 0.322 e. The van der Waals surface area contributed by atoms with Crippen molar-refractivity contribution in [2.75, 3.05) is 0 Å². The van der Waals surface area contributed by atoms with Crippen molar-refractivity contribution in [3.05, 3.63) is 12.5 Å². The second kappa shape index (κ2) is 5.14. The summed E-state index contributed by atoms with van der Waals surface area (Å²) in [6.45, 7) is 0. The minimum Gasteiger partial charge on any atom is -0.480 e. The van der Waals surface area contributed by atoms with Crippen LogP contribution >= 0.6 is 0 Å². The number of aromatic nitrogens is 2. The lowest BCUT2D eigenvalue weighted by molar-refractivity contribution is -0.140. The predicted molar refractivity (Wildman–Crippen MR) is 58.8 cm³/mol. The number of carbonyl (C=O) groups is 2. The number of hydrogen-bond acceptors (Lipinski definition) is 5. The molecule has 0 spiro atoms. The monoisotopic (exact) mass is 276 g/mol. The van der Waals surface area contributed by atoms with Crippen LogP contribution in [0.15, 0.2) is 17.6 Å². The van der Waals surface area contributed by atoms with Gasteiger partial charge < -0.3 is 15.4 Å². The van der Waals surface area contributed by atoms with Gasteiger partial charge in [0, 0.05) is 13.2 Å². The molecule has 1 heterocycles. The fraction of sp³-hybridized carbons (Fsp3) is 0.375. The van der Waals surface area contributed by atoms with Crippen LogP contribution in [-0.2, 0) is 26.7 Å². The number of rotatable bonds is 6. The first-order chi connectivity index (χ1) is 8.22. The molecule has 18 heavy (non-hydrogen) atoms. The van der Waals surface area contributed by atoms with Crippen molar-refractivity contribution in [3.8, 4) is 0 Å². The fourth-order valence-corrected chi connectivity index (χ4v) is 2.33. The summed E-state index contributed by atoms with van der Waals surface area (Å²) in [5, 5.41) is 8.44. The van der Waals surface area contributed by atoms with Crippen LogP contribution in [0.25, 0.3) is 0 Å². The molecule has 9 nitrogen and oxygen atoms in total. The molecule has 1 amide bonds. The first kappa shape index (κ1) is 14.1.